The van der Waals surface area contributed by atoms with Crippen LogP contribution in [0.1, 0.15) is 27.7 Å². The van der Waals surface area contributed by atoms with Gasteiger partial charge in [-0.05, 0) is 39.8 Å². The summed E-state index contributed by atoms with van der Waals surface area (Å²) in [6, 6.07) is 8.55. The molecule has 0 aromatic heterocycles. The Hall–Kier alpha value is -1.11. The summed E-state index contributed by atoms with van der Waals surface area (Å²) in [4.78, 5) is 2.42. The van der Waals surface area contributed by atoms with Crippen molar-refractivity contribution in [2.75, 3.05) is 106 Å². The van der Waals surface area contributed by atoms with Gasteiger partial charge in [-0.2, -0.15) is 0 Å². The number of benzene rings is 1. The second-order valence-electron chi connectivity index (χ2n) is 9.40. The van der Waals surface area contributed by atoms with Gasteiger partial charge in [-0.3, -0.25) is 9.42 Å². The van der Waals surface area contributed by atoms with E-state index in [-0.39, 0.29) is 0 Å². The second kappa shape index (κ2) is 23.5. The van der Waals surface area contributed by atoms with Crippen LogP contribution >= 0.6 is 8.60 Å². The normalized spacial score (nSPS) is 13.4. The molecule has 1 aromatic carbocycles. The van der Waals surface area contributed by atoms with Crippen LogP contribution in [0.2, 0.25) is 0 Å². The number of rotatable bonds is 27. The van der Waals surface area contributed by atoms with E-state index in [1.54, 1.807) is 0 Å². The molecule has 0 N–H and O–H groups in total. The number of hydrogen-bond donors (Lipinski definition) is 0. The Bertz CT molecular complexity index is 697. The molecule has 40 heavy (non-hydrogen) atoms. The monoisotopic (exact) mass is 591 g/mol. The molecule has 0 bridgehead atoms. The van der Waals surface area contributed by atoms with Crippen LogP contribution in [0.15, 0.2) is 24.3 Å². The SMILES string of the molecule is CC(C)N(CCOCCOCCOCCOCCOCCOCCOCCOP1Oc2ccccc2O1)C(C)C. The van der Waals surface area contributed by atoms with E-state index in [2.05, 4.69) is 32.6 Å². The van der Waals surface area contributed by atoms with Crippen molar-refractivity contribution in [2.45, 2.75) is 39.8 Å². The molecule has 1 heterocycles. The molecule has 1 aliphatic rings. The van der Waals surface area contributed by atoms with Gasteiger partial charge >= 0.3 is 8.60 Å². The first-order valence-corrected chi connectivity index (χ1v) is 15.4. The molecular formula is C28H50NO10P. The average molecular weight is 592 g/mol. The molecule has 0 radical (unpaired) electrons. The highest BCUT2D eigenvalue weighted by atomic mass is 31.2. The molecule has 0 spiro atoms. The molecule has 0 amide bonds. The topological polar surface area (TPSA) is 95.5 Å². The fourth-order valence-electron chi connectivity index (χ4n) is 3.71. The summed E-state index contributed by atoms with van der Waals surface area (Å²) in [7, 11) is -1.38. The molecular weight excluding hydrogens is 541 g/mol. The molecule has 0 aliphatic carbocycles. The summed E-state index contributed by atoms with van der Waals surface area (Å²) in [5, 5.41) is 0. The van der Waals surface area contributed by atoms with Gasteiger partial charge in [0.2, 0.25) is 0 Å². The Morgan fingerprint density at radius 1 is 0.525 bits per heavy atom. The summed E-state index contributed by atoms with van der Waals surface area (Å²) in [6.07, 6.45) is 0. The van der Waals surface area contributed by atoms with Crippen molar-refractivity contribution in [3.8, 4) is 11.5 Å². The van der Waals surface area contributed by atoms with Gasteiger partial charge in [0, 0.05) is 18.6 Å². The number of para-hydroxylation sites is 2. The van der Waals surface area contributed by atoms with Gasteiger partial charge in [0.05, 0.1) is 99.1 Å². The maximum atomic E-state index is 5.66. The predicted molar refractivity (Wildman–Crippen MR) is 153 cm³/mol. The van der Waals surface area contributed by atoms with Crippen molar-refractivity contribution in [1.82, 2.24) is 4.90 Å². The van der Waals surface area contributed by atoms with Gasteiger partial charge in [-0.1, -0.05) is 12.1 Å². The third kappa shape index (κ3) is 17.0. The zero-order valence-corrected chi connectivity index (χ0v) is 25.6. The summed E-state index contributed by atoms with van der Waals surface area (Å²) >= 11 is 0. The Morgan fingerprint density at radius 2 is 0.850 bits per heavy atom. The van der Waals surface area contributed by atoms with E-state index >= 15 is 0 Å². The highest BCUT2D eigenvalue weighted by Gasteiger charge is 2.27. The zero-order chi connectivity index (χ0) is 28.7. The first-order valence-electron chi connectivity index (χ1n) is 14.3. The molecule has 11 nitrogen and oxygen atoms in total. The average Bonchev–Trinajstić information content (AvgIpc) is 3.35. The minimum Gasteiger partial charge on any atom is -0.414 e. The third-order valence-electron chi connectivity index (χ3n) is 5.67. The number of hydrogen-bond acceptors (Lipinski definition) is 11. The lowest BCUT2D eigenvalue weighted by atomic mass is 10.2. The van der Waals surface area contributed by atoms with Gasteiger partial charge < -0.3 is 42.2 Å². The summed E-state index contributed by atoms with van der Waals surface area (Å²) < 4.78 is 55.3. The Kier molecular flexibility index (Phi) is 20.6. The van der Waals surface area contributed by atoms with E-state index in [9.17, 15) is 0 Å². The fraction of sp³-hybridized carbons (Fsp3) is 0.786. The molecule has 0 saturated carbocycles. The van der Waals surface area contributed by atoms with Crippen LogP contribution in [-0.2, 0) is 37.7 Å². The summed E-state index contributed by atoms with van der Waals surface area (Å²) in [5.74, 6) is 1.43. The lowest BCUT2D eigenvalue weighted by Gasteiger charge is -2.30. The lowest BCUT2D eigenvalue weighted by molar-refractivity contribution is -0.0221. The maximum absolute atomic E-state index is 5.66. The van der Waals surface area contributed by atoms with Crippen molar-refractivity contribution < 1.29 is 46.7 Å². The van der Waals surface area contributed by atoms with Gasteiger partial charge in [0.15, 0.2) is 11.5 Å². The van der Waals surface area contributed by atoms with Crippen molar-refractivity contribution in [3.05, 3.63) is 24.3 Å². The number of fused-ring (bicyclic) bond motifs is 1. The second-order valence-corrected chi connectivity index (χ2v) is 10.5. The summed E-state index contributed by atoms with van der Waals surface area (Å²) in [5.41, 5.74) is 0. The smallest absolute Gasteiger partial charge is 0.414 e. The molecule has 0 unspecified atom stereocenters. The Morgan fingerprint density at radius 3 is 1.20 bits per heavy atom. The van der Waals surface area contributed by atoms with Crippen LogP contribution in [0.5, 0.6) is 11.5 Å². The van der Waals surface area contributed by atoms with E-state index in [1.807, 2.05) is 24.3 Å². The standard InChI is InChI=1S/C28H50NO10P/c1-25(2)29(26(3)4)9-10-30-11-12-31-13-14-32-15-16-33-17-18-34-19-20-35-21-22-36-23-24-37-40-38-27-7-5-6-8-28(27)39-40/h5-8,25-26H,9-24H2,1-4H3. The molecule has 0 atom stereocenters. The van der Waals surface area contributed by atoms with E-state index in [0.717, 1.165) is 13.2 Å². The van der Waals surface area contributed by atoms with Crippen LogP contribution in [0.3, 0.4) is 0 Å². The largest absolute Gasteiger partial charge is 0.463 e. The molecule has 232 valence electrons. The van der Waals surface area contributed by atoms with E-state index in [0.29, 0.717) is 116 Å². The third-order valence-corrected chi connectivity index (χ3v) is 6.76. The van der Waals surface area contributed by atoms with Crippen LogP contribution in [-0.4, -0.2) is 123 Å². The van der Waals surface area contributed by atoms with Gasteiger partial charge in [0.25, 0.3) is 0 Å². The molecule has 1 aromatic rings. The van der Waals surface area contributed by atoms with Crippen LogP contribution in [0.25, 0.3) is 0 Å². The zero-order valence-electron chi connectivity index (χ0n) is 24.8. The number of nitrogens with zero attached hydrogens (tertiary/aromatic N) is 1. The number of ether oxygens (including phenoxy) is 7. The minimum absolute atomic E-state index is 0.397. The van der Waals surface area contributed by atoms with Gasteiger partial charge in [0.1, 0.15) is 0 Å². The van der Waals surface area contributed by atoms with Crippen molar-refractivity contribution in [3.63, 3.8) is 0 Å². The van der Waals surface area contributed by atoms with Crippen molar-refractivity contribution >= 4 is 8.60 Å². The quantitative estimate of drug-likeness (QED) is 0.110. The highest BCUT2D eigenvalue weighted by Crippen LogP contribution is 2.52. The highest BCUT2D eigenvalue weighted by molar-refractivity contribution is 7.43. The Labute approximate surface area is 241 Å². The predicted octanol–water partition coefficient (Wildman–Crippen LogP) is 3.94. The van der Waals surface area contributed by atoms with Gasteiger partial charge in [-0.15, -0.1) is 0 Å². The Balaban J connectivity index is 1.20. The van der Waals surface area contributed by atoms with Gasteiger partial charge in [-0.25, -0.2) is 0 Å². The molecule has 0 saturated heterocycles. The van der Waals surface area contributed by atoms with E-state index in [1.165, 1.54) is 0 Å². The molecule has 12 heteroatoms. The van der Waals surface area contributed by atoms with Crippen LogP contribution < -0.4 is 9.05 Å². The molecule has 2 rings (SSSR count). The van der Waals surface area contributed by atoms with Crippen LogP contribution in [0.4, 0.5) is 0 Å². The minimum atomic E-state index is -1.38. The van der Waals surface area contributed by atoms with Crippen LogP contribution in [0, 0.1) is 0 Å². The molecule has 1 aliphatic heterocycles. The van der Waals surface area contributed by atoms with E-state index < -0.39 is 8.60 Å². The maximum Gasteiger partial charge on any atom is 0.463 e. The lowest BCUT2D eigenvalue weighted by Crippen LogP contribution is -2.39. The molecule has 0 fully saturated rings. The summed E-state index contributed by atoms with van der Waals surface area (Å²) in [6.45, 7) is 17.7. The van der Waals surface area contributed by atoms with Crippen molar-refractivity contribution in [1.29, 1.82) is 0 Å². The first-order chi connectivity index (χ1) is 19.6. The fourth-order valence-corrected chi connectivity index (χ4v) is 4.70. The van der Waals surface area contributed by atoms with Crippen molar-refractivity contribution in [2.24, 2.45) is 0 Å². The van der Waals surface area contributed by atoms with E-state index in [4.69, 9.17) is 46.7 Å². The first kappa shape index (κ1) is 35.1.